The smallest absolute Gasteiger partial charge is 0.252 e. The Labute approximate surface area is 92.7 Å². The van der Waals surface area contributed by atoms with E-state index < -0.39 is 0 Å². The number of rotatable bonds is 4. The highest BCUT2D eigenvalue weighted by Gasteiger charge is 2.17. The summed E-state index contributed by atoms with van der Waals surface area (Å²) in [5.41, 5.74) is 1.16. The Balaban J connectivity index is 1.90. The predicted molar refractivity (Wildman–Crippen MR) is 59.3 cm³/mol. The fourth-order valence-corrected chi connectivity index (χ4v) is 2.66. The van der Waals surface area contributed by atoms with Crippen molar-refractivity contribution in [1.29, 1.82) is 0 Å². The average Bonchev–Trinajstić information content (AvgIpc) is 2.74. The third-order valence-corrected chi connectivity index (χ3v) is 3.35. The topological polar surface area (TPSA) is 51.2 Å². The molecule has 0 saturated carbocycles. The van der Waals surface area contributed by atoms with E-state index in [9.17, 15) is 4.79 Å². The molecule has 0 unspecified atom stereocenters. The maximum absolute atomic E-state index is 11.3. The molecule has 1 N–H and O–H groups in total. The normalized spacial score (nSPS) is 13.9. The first-order valence-electron chi connectivity index (χ1n) is 5.15. The van der Waals surface area contributed by atoms with Gasteiger partial charge in [0, 0.05) is 11.5 Å². The number of aromatic nitrogens is 1. The number of amides is 1. The predicted octanol–water partition coefficient (Wildman–Crippen LogP) is 1.61. The third-order valence-electron chi connectivity index (χ3n) is 2.28. The zero-order chi connectivity index (χ0) is 10.7. The molecule has 0 bridgehead atoms. The quantitative estimate of drug-likeness (QED) is 0.848. The summed E-state index contributed by atoms with van der Waals surface area (Å²) < 4.78 is 5.01. The first-order chi connectivity index (χ1) is 7.29. The molecule has 4 nitrogen and oxygen atoms in total. The van der Waals surface area contributed by atoms with Gasteiger partial charge >= 0.3 is 0 Å². The average molecular weight is 226 g/mol. The standard InChI is InChI=1S/C10H14N2O2S/c1-2-14-6-9(13)12-10-11-7-4-3-5-8(7)15-10/h2-6H2,1H3,(H,11,12,13). The van der Waals surface area contributed by atoms with Crippen molar-refractivity contribution < 1.29 is 9.53 Å². The van der Waals surface area contributed by atoms with Gasteiger partial charge < -0.3 is 4.74 Å². The number of carbonyl (C=O) groups is 1. The second kappa shape index (κ2) is 4.72. The number of ether oxygens (including phenoxy) is 1. The molecular formula is C10H14N2O2S. The fraction of sp³-hybridized carbons (Fsp3) is 0.600. The zero-order valence-corrected chi connectivity index (χ0v) is 9.52. The van der Waals surface area contributed by atoms with E-state index in [0.717, 1.165) is 18.5 Å². The Morgan fingerprint density at radius 2 is 2.47 bits per heavy atom. The minimum absolute atomic E-state index is 0.112. The number of carbonyl (C=O) groups excluding carboxylic acids is 1. The lowest BCUT2D eigenvalue weighted by Gasteiger charge is -2.00. The Kier molecular flexibility index (Phi) is 3.33. The third kappa shape index (κ3) is 2.54. The summed E-state index contributed by atoms with van der Waals surface area (Å²) in [6.07, 6.45) is 3.35. The van der Waals surface area contributed by atoms with Crippen molar-refractivity contribution in [2.75, 3.05) is 18.5 Å². The second-order valence-corrected chi connectivity index (χ2v) is 4.51. The monoisotopic (exact) mass is 226 g/mol. The lowest BCUT2D eigenvalue weighted by molar-refractivity contribution is -0.120. The van der Waals surface area contributed by atoms with Crippen molar-refractivity contribution in [1.82, 2.24) is 4.98 Å². The van der Waals surface area contributed by atoms with Crippen LogP contribution in [0.3, 0.4) is 0 Å². The van der Waals surface area contributed by atoms with E-state index in [1.165, 1.54) is 11.3 Å². The van der Waals surface area contributed by atoms with Gasteiger partial charge in [-0.15, -0.1) is 11.3 Å². The van der Waals surface area contributed by atoms with E-state index in [0.29, 0.717) is 11.7 Å². The van der Waals surface area contributed by atoms with Gasteiger partial charge in [0.2, 0.25) is 0 Å². The molecule has 5 heteroatoms. The molecule has 1 heterocycles. The molecule has 0 aromatic carbocycles. The fourth-order valence-electron chi connectivity index (χ4n) is 1.59. The number of fused-ring (bicyclic) bond motifs is 1. The van der Waals surface area contributed by atoms with Gasteiger partial charge in [-0.3, -0.25) is 10.1 Å². The van der Waals surface area contributed by atoms with Crippen LogP contribution in [-0.2, 0) is 22.4 Å². The van der Waals surface area contributed by atoms with Gasteiger partial charge in [0.1, 0.15) is 6.61 Å². The summed E-state index contributed by atoms with van der Waals surface area (Å²) in [6, 6.07) is 0. The highest BCUT2D eigenvalue weighted by molar-refractivity contribution is 7.15. The molecule has 1 aliphatic rings. The van der Waals surface area contributed by atoms with E-state index in [1.807, 2.05) is 6.92 Å². The van der Waals surface area contributed by atoms with Gasteiger partial charge in [0.05, 0.1) is 5.69 Å². The minimum Gasteiger partial charge on any atom is -0.372 e. The van der Waals surface area contributed by atoms with E-state index in [2.05, 4.69) is 10.3 Å². The Morgan fingerprint density at radius 3 is 3.20 bits per heavy atom. The lowest BCUT2D eigenvalue weighted by atomic mass is 10.4. The van der Waals surface area contributed by atoms with Crippen molar-refractivity contribution >= 4 is 22.4 Å². The summed E-state index contributed by atoms with van der Waals surface area (Å²) in [6.45, 7) is 2.54. The van der Waals surface area contributed by atoms with Gasteiger partial charge in [-0.25, -0.2) is 4.98 Å². The molecular weight excluding hydrogens is 212 g/mol. The maximum Gasteiger partial charge on any atom is 0.252 e. The maximum atomic E-state index is 11.3. The van der Waals surface area contributed by atoms with Crippen LogP contribution in [0.15, 0.2) is 0 Å². The van der Waals surface area contributed by atoms with Gasteiger partial charge in [-0.05, 0) is 26.2 Å². The van der Waals surface area contributed by atoms with Crippen LogP contribution in [0.4, 0.5) is 5.13 Å². The van der Waals surface area contributed by atoms with Gasteiger partial charge in [0.25, 0.3) is 5.91 Å². The SMILES string of the molecule is CCOCC(=O)Nc1nc2c(s1)CCC2. The molecule has 1 amide bonds. The molecule has 0 atom stereocenters. The number of aryl methyl sites for hydroxylation is 2. The van der Waals surface area contributed by atoms with Crippen molar-refractivity contribution in [3.05, 3.63) is 10.6 Å². The van der Waals surface area contributed by atoms with Crippen LogP contribution in [0, 0.1) is 0 Å². The summed E-state index contributed by atoms with van der Waals surface area (Å²) >= 11 is 1.59. The van der Waals surface area contributed by atoms with Crippen molar-refractivity contribution in [2.24, 2.45) is 0 Å². The Hall–Kier alpha value is -0.940. The molecule has 0 radical (unpaired) electrons. The van der Waals surface area contributed by atoms with Gasteiger partial charge in [-0.1, -0.05) is 0 Å². The first-order valence-corrected chi connectivity index (χ1v) is 5.97. The number of thiazole rings is 1. The number of anilines is 1. The number of hydrogen-bond donors (Lipinski definition) is 1. The van der Waals surface area contributed by atoms with E-state index >= 15 is 0 Å². The van der Waals surface area contributed by atoms with Crippen molar-refractivity contribution in [3.8, 4) is 0 Å². The van der Waals surface area contributed by atoms with Crippen molar-refractivity contribution in [2.45, 2.75) is 26.2 Å². The molecule has 82 valence electrons. The summed E-state index contributed by atoms with van der Waals surface area (Å²) in [4.78, 5) is 17.0. The molecule has 15 heavy (non-hydrogen) atoms. The number of hydrogen-bond acceptors (Lipinski definition) is 4. The second-order valence-electron chi connectivity index (χ2n) is 3.43. The van der Waals surface area contributed by atoms with Gasteiger partial charge in [0.15, 0.2) is 5.13 Å². The van der Waals surface area contributed by atoms with E-state index in [1.54, 1.807) is 11.3 Å². The molecule has 1 aliphatic carbocycles. The van der Waals surface area contributed by atoms with Crippen LogP contribution >= 0.6 is 11.3 Å². The summed E-state index contributed by atoms with van der Waals surface area (Å²) in [5.74, 6) is -0.121. The van der Waals surface area contributed by atoms with Crippen LogP contribution in [0.25, 0.3) is 0 Å². The highest BCUT2D eigenvalue weighted by atomic mass is 32.1. The summed E-state index contributed by atoms with van der Waals surface area (Å²) in [5, 5.41) is 3.46. The van der Waals surface area contributed by atoms with Crippen LogP contribution in [-0.4, -0.2) is 24.1 Å². The van der Waals surface area contributed by atoms with E-state index in [-0.39, 0.29) is 12.5 Å². The zero-order valence-electron chi connectivity index (χ0n) is 8.71. The Bertz CT molecular complexity index is 341. The van der Waals surface area contributed by atoms with Crippen molar-refractivity contribution in [3.63, 3.8) is 0 Å². The summed E-state index contributed by atoms with van der Waals surface area (Å²) in [7, 11) is 0. The van der Waals surface area contributed by atoms with Gasteiger partial charge in [-0.2, -0.15) is 0 Å². The number of nitrogens with zero attached hydrogens (tertiary/aromatic N) is 1. The molecule has 0 spiro atoms. The van der Waals surface area contributed by atoms with Crippen LogP contribution < -0.4 is 5.32 Å². The largest absolute Gasteiger partial charge is 0.372 e. The Morgan fingerprint density at radius 1 is 1.60 bits per heavy atom. The minimum atomic E-state index is -0.121. The molecule has 2 rings (SSSR count). The lowest BCUT2D eigenvalue weighted by Crippen LogP contribution is -2.18. The molecule has 0 aliphatic heterocycles. The number of nitrogens with one attached hydrogen (secondary N) is 1. The van der Waals surface area contributed by atoms with Crippen LogP contribution in [0.5, 0.6) is 0 Å². The molecule has 0 saturated heterocycles. The molecule has 1 aromatic rings. The first kappa shape index (κ1) is 10.6. The highest BCUT2D eigenvalue weighted by Crippen LogP contribution is 2.30. The van der Waals surface area contributed by atoms with E-state index in [4.69, 9.17) is 4.74 Å². The molecule has 0 fully saturated rings. The van der Waals surface area contributed by atoms with Crippen LogP contribution in [0.1, 0.15) is 23.9 Å². The van der Waals surface area contributed by atoms with Crippen LogP contribution in [0.2, 0.25) is 0 Å². The molecule has 1 aromatic heterocycles.